The zero-order chi connectivity index (χ0) is 12.5. The Kier molecular flexibility index (Phi) is 6.00. The first-order valence-corrected chi connectivity index (χ1v) is 6.00. The zero-order valence-corrected chi connectivity index (χ0v) is 9.89. The van der Waals surface area contributed by atoms with Gasteiger partial charge in [0.25, 0.3) is 0 Å². The maximum atomic E-state index is 10.8. The molecular formula is C14H18O3. The van der Waals surface area contributed by atoms with Crippen molar-refractivity contribution >= 4 is 11.8 Å². The molecule has 0 aliphatic rings. The van der Waals surface area contributed by atoms with E-state index in [2.05, 4.69) is 12.1 Å². The number of aliphatic carboxylic acids is 1. The van der Waals surface area contributed by atoms with Crippen LogP contribution in [-0.2, 0) is 16.0 Å². The molecule has 92 valence electrons. The quantitative estimate of drug-likeness (QED) is 0.556. The van der Waals surface area contributed by atoms with Crippen LogP contribution in [-0.4, -0.2) is 16.9 Å². The minimum Gasteiger partial charge on any atom is -0.476 e. The summed E-state index contributed by atoms with van der Waals surface area (Å²) in [6.07, 6.45) is 4.95. The minimum absolute atomic E-state index is 0.167. The molecule has 1 aromatic carbocycles. The number of carbonyl (C=O) groups excluding carboxylic acids is 1. The van der Waals surface area contributed by atoms with Gasteiger partial charge in [-0.05, 0) is 24.8 Å². The van der Waals surface area contributed by atoms with E-state index in [0.717, 1.165) is 25.7 Å². The monoisotopic (exact) mass is 234 g/mol. The lowest BCUT2D eigenvalue weighted by Crippen LogP contribution is -2.11. The van der Waals surface area contributed by atoms with Crippen molar-refractivity contribution in [1.29, 1.82) is 0 Å². The number of Topliss-reactive ketones (excluding diaryl/α,β-unsaturated/α-hetero) is 1. The molecule has 0 fully saturated rings. The number of carboxylic acid groups (broad SMARTS) is 1. The summed E-state index contributed by atoms with van der Waals surface area (Å²) in [7, 11) is 0. The second kappa shape index (κ2) is 7.60. The van der Waals surface area contributed by atoms with E-state index in [0.29, 0.717) is 6.42 Å². The Labute approximate surface area is 101 Å². The van der Waals surface area contributed by atoms with E-state index in [1.54, 1.807) is 0 Å². The van der Waals surface area contributed by atoms with E-state index in [1.807, 2.05) is 18.2 Å². The van der Waals surface area contributed by atoms with Crippen LogP contribution >= 0.6 is 0 Å². The Morgan fingerprint density at radius 2 is 1.59 bits per heavy atom. The predicted molar refractivity (Wildman–Crippen MR) is 65.9 cm³/mol. The van der Waals surface area contributed by atoms with Gasteiger partial charge in [-0.15, -0.1) is 0 Å². The van der Waals surface area contributed by atoms with Gasteiger partial charge in [-0.25, -0.2) is 4.79 Å². The van der Waals surface area contributed by atoms with Crippen LogP contribution < -0.4 is 0 Å². The molecule has 0 spiro atoms. The highest BCUT2D eigenvalue weighted by Crippen LogP contribution is 2.08. The van der Waals surface area contributed by atoms with Crippen LogP contribution in [0, 0.1) is 0 Å². The number of carbonyl (C=O) groups is 2. The van der Waals surface area contributed by atoms with Gasteiger partial charge in [0, 0.05) is 6.42 Å². The highest BCUT2D eigenvalue weighted by Gasteiger charge is 2.09. The summed E-state index contributed by atoms with van der Waals surface area (Å²) in [6, 6.07) is 10.3. The topological polar surface area (TPSA) is 54.4 Å². The molecule has 0 unspecified atom stereocenters. The highest BCUT2D eigenvalue weighted by atomic mass is 16.4. The normalized spacial score (nSPS) is 10.1. The molecule has 17 heavy (non-hydrogen) atoms. The minimum atomic E-state index is -1.31. The third-order valence-corrected chi connectivity index (χ3v) is 2.70. The van der Waals surface area contributed by atoms with Crippen molar-refractivity contribution in [2.45, 2.75) is 38.5 Å². The molecule has 0 atom stereocenters. The summed E-state index contributed by atoms with van der Waals surface area (Å²) in [5.74, 6) is -1.98. The molecule has 3 nitrogen and oxygen atoms in total. The van der Waals surface area contributed by atoms with Crippen molar-refractivity contribution in [2.75, 3.05) is 0 Å². The fourth-order valence-electron chi connectivity index (χ4n) is 1.72. The number of aryl methyl sites for hydroxylation is 1. The zero-order valence-electron chi connectivity index (χ0n) is 9.89. The molecule has 1 rings (SSSR count). The first kappa shape index (κ1) is 13.4. The summed E-state index contributed by atoms with van der Waals surface area (Å²) in [5.41, 5.74) is 1.33. The van der Waals surface area contributed by atoms with Gasteiger partial charge >= 0.3 is 5.97 Å². The van der Waals surface area contributed by atoms with Gasteiger partial charge in [-0.2, -0.15) is 0 Å². The molecule has 0 aliphatic carbocycles. The fraction of sp³-hybridized carbons (Fsp3) is 0.429. The van der Waals surface area contributed by atoms with Gasteiger partial charge in [0.05, 0.1) is 0 Å². The number of unbranched alkanes of at least 4 members (excludes halogenated alkanes) is 3. The van der Waals surface area contributed by atoms with Crippen molar-refractivity contribution < 1.29 is 14.7 Å². The molecule has 0 radical (unpaired) electrons. The molecule has 0 aliphatic heterocycles. The Morgan fingerprint density at radius 1 is 0.941 bits per heavy atom. The Hall–Kier alpha value is -1.64. The molecule has 0 amide bonds. The van der Waals surface area contributed by atoms with E-state index in [4.69, 9.17) is 5.11 Å². The fourth-order valence-corrected chi connectivity index (χ4v) is 1.72. The van der Waals surface area contributed by atoms with Gasteiger partial charge in [0.15, 0.2) is 0 Å². The van der Waals surface area contributed by atoms with Crippen LogP contribution in [0.3, 0.4) is 0 Å². The molecule has 0 aromatic heterocycles. The first-order chi connectivity index (χ1) is 8.20. The number of hydrogen-bond acceptors (Lipinski definition) is 2. The molecule has 0 heterocycles. The van der Waals surface area contributed by atoms with Crippen molar-refractivity contribution in [1.82, 2.24) is 0 Å². The maximum Gasteiger partial charge on any atom is 0.372 e. The second-order valence-corrected chi connectivity index (χ2v) is 4.13. The third-order valence-electron chi connectivity index (χ3n) is 2.70. The SMILES string of the molecule is O=C(O)C(=O)CCCCCCc1ccccc1. The number of hydrogen-bond donors (Lipinski definition) is 1. The van der Waals surface area contributed by atoms with Crippen LogP contribution in [0.4, 0.5) is 0 Å². The van der Waals surface area contributed by atoms with Crippen LogP contribution in [0.2, 0.25) is 0 Å². The lowest BCUT2D eigenvalue weighted by atomic mass is 10.0. The van der Waals surface area contributed by atoms with Crippen molar-refractivity contribution in [3.05, 3.63) is 35.9 Å². The van der Waals surface area contributed by atoms with Gasteiger partial charge in [-0.1, -0.05) is 43.2 Å². The van der Waals surface area contributed by atoms with Gasteiger partial charge < -0.3 is 5.11 Å². The van der Waals surface area contributed by atoms with E-state index in [1.165, 1.54) is 5.56 Å². The molecule has 0 bridgehead atoms. The molecule has 0 saturated heterocycles. The summed E-state index contributed by atoms with van der Waals surface area (Å²) in [4.78, 5) is 21.1. The molecule has 0 saturated carbocycles. The molecule has 1 aromatic rings. The Balaban J connectivity index is 2.02. The van der Waals surface area contributed by atoms with E-state index in [-0.39, 0.29) is 6.42 Å². The van der Waals surface area contributed by atoms with Crippen LogP contribution in [0.25, 0.3) is 0 Å². The summed E-state index contributed by atoms with van der Waals surface area (Å²) >= 11 is 0. The standard InChI is InChI=1S/C14H18O3/c15-13(14(16)17)11-7-2-1-4-8-12-9-5-3-6-10-12/h3,5-6,9-10H,1-2,4,7-8,11H2,(H,16,17). The first-order valence-electron chi connectivity index (χ1n) is 6.00. The lowest BCUT2D eigenvalue weighted by molar-refractivity contribution is -0.149. The summed E-state index contributed by atoms with van der Waals surface area (Å²) in [5, 5.41) is 8.38. The Morgan fingerprint density at radius 3 is 2.24 bits per heavy atom. The van der Waals surface area contributed by atoms with Crippen molar-refractivity contribution in [3.63, 3.8) is 0 Å². The van der Waals surface area contributed by atoms with Gasteiger partial charge in [0.2, 0.25) is 5.78 Å². The highest BCUT2D eigenvalue weighted by molar-refractivity contribution is 6.32. The predicted octanol–water partition coefficient (Wildman–Crippen LogP) is 2.83. The van der Waals surface area contributed by atoms with Crippen LogP contribution in [0.1, 0.15) is 37.7 Å². The molecule has 3 heteroatoms. The Bertz CT molecular complexity index is 357. The summed E-state index contributed by atoms with van der Waals surface area (Å²) in [6.45, 7) is 0. The van der Waals surface area contributed by atoms with Crippen LogP contribution in [0.5, 0.6) is 0 Å². The number of benzene rings is 1. The van der Waals surface area contributed by atoms with E-state index >= 15 is 0 Å². The van der Waals surface area contributed by atoms with Gasteiger partial charge in [0.1, 0.15) is 0 Å². The van der Waals surface area contributed by atoms with Gasteiger partial charge in [-0.3, -0.25) is 4.79 Å². The third kappa shape index (κ3) is 5.85. The van der Waals surface area contributed by atoms with E-state index in [9.17, 15) is 9.59 Å². The molecule has 1 N–H and O–H groups in total. The van der Waals surface area contributed by atoms with Crippen molar-refractivity contribution in [2.24, 2.45) is 0 Å². The summed E-state index contributed by atoms with van der Waals surface area (Å²) < 4.78 is 0. The number of ketones is 1. The lowest BCUT2D eigenvalue weighted by Gasteiger charge is -2.01. The smallest absolute Gasteiger partial charge is 0.372 e. The average molecular weight is 234 g/mol. The average Bonchev–Trinajstić information content (AvgIpc) is 2.34. The number of carboxylic acids is 1. The van der Waals surface area contributed by atoms with Crippen molar-refractivity contribution in [3.8, 4) is 0 Å². The van der Waals surface area contributed by atoms with Crippen LogP contribution in [0.15, 0.2) is 30.3 Å². The largest absolute Gasteiger partial charge is 0.476 e. The second-order valence-electron chi connectivity index (χ2n) is 4.13. The number of rotatable bonds is 8. The molecular weight excluding hydrogens is 216 g/mol. The maximum absolute atomic E-state index is 10.8. The van der Waals surface area contributed by atoms with E-state index < -0.39 is 11.8 Å².